The first kappa shape index (κ1) is 22.2. The molecule has 0 aliphatic heterocycles. The van der Waals surface area contributed by atoms with E-state index >= 15 is 0 Å². The number of methoxy groups -OCH3 is 1. The van der Waals surface area contributed by atoms with Crippen molar-refractivity contribution in [2.75, 3.05) is 7.11 Å². The minimum atomic E-state index is -4.75. The van der Waals surface area contributed by atoms with Crippen LogP contribution in [0.2, 0.25) is 5.02 Å². The topological polar surface area (TPSA) is 64.6 Å². The van der Waals surface area contributed by atoms with E-state index in [1.165, 1.54) is 19.2 Å². The average molecular weight is 446 g/mol. The summed E-state index contributed by atoms with van der Waals surface area (Å²) in [4.78, 5) is -0.742. The van der Waals surface area contributed by atoms with Crippen LogP contribution in [0.3, 0.4) is 0 Å². The SMILES string of the molecule is COc1cc(CNS(=O)(=O)c2cc(C(F)(F)F)ccc2Cl)ccc1OC(F)F. The summed E-state index contributed by atoms with van der Waals surface area (Å²) in [5, 5.41) is -0.390. The number of rotatable bonds is 7. The lowest BCUT2D eigenvalue weighted by Gasteiger charge is -2.13. The smallest absolute Gasteiger partial charge is 0.416 e. The second-order valence-corrected chi connectivity index (χ2v) is 7.47. The summed E-state index contributed by atoms with van der Waals surface area (Å²) in [6.45, 7) is -3.44. The van der Waals surface area contributed by atoms with Gasteiger partial charge in [0.1, 0.15) is 4.90 Å². The van der Waals surface area contributed by atoms with Gasteiger partial charge in [-0.2, -0.15) is 22.0 Å². The number of benzene rings is 2. The third kappa shape index (κ3) is 5.46. The largest absolute Gasteiger partial charge is 0.493 e. The zero-order chi connectivity index (χ0) is 21.1. The van der Waals surface area contributed by atoms with E-state index in [9.17, 15) is 30.4 Å². The van der Waals surface area contributed by atoms with Crippen molar-refractivity contribution in [3.05, 3.63) is 52.5 Å². The lowest BCUT2D eigenvalue weighted by molar-refractivity contribution is -0.137. The van der Waals surface area contributed by atoms with Crippen molar-refractivity contribution < 1.29 is 39.8 Å². The van der Waals surface area contributed by atoms with E-state index in [0.717, 1.165) is 12.1 Å². The molecule has 0 saturated carbocycles. The van der Waals surface area contributed by atoms with Gasteiger partial charge in [-0.3, -0.25) is 0 Å². The number of sulfonamides is 1. The number of nitrogens with one attached hydrogen (secondary N) is 1. The average Bonchev–Trinajstić information content (AvgIpc) is 2.59. The van der Waals surface area contributed by atoms with Crippen LogP contribution in [0.4, 0.5) is 22.0 Å². The van der Waals surface area contributed by atoms with E-state index < -0.39 is 38.3 Å². The Balaban J connectivity index is 2.24. The highest BCUT2D eigenvalue weighted by Crippen LogP contribution is 2.33. The molecule has 0 saturated heterocycles. The summed E-state index contributed by atoms with van der Waals surface area (Å²) in [5.41, 5.74) is -0.891. The highest BCUT2D eigenvalue weighted by Gasteiger charge is 2.32. The second kappa shape index (κ2) is 8.50. The van der Waals surface area contributed by atoms with Crippen molar-refractivity contribution in [2.24, 2.45) is 0 Å². The van der Waals surface area contributed by atoms with Gasteiger partial charge >= 0.3 is 12.8 Å². The van der Waals surface area contributed by atoms with Crippen LogP contribution in [-0.2, 0) is 22.7 Å². The predicted octanol–water partition coefficient (Wildman–Crippen LogP) is 4.45. The minimum absolute atomic E-state index is 0.0749. The normalized spacial score (nSPS) is 12.3. The fraction of sp³-hybridized carbons (Fsp3) is 0.250. The summed E-state index contributed by atoms with van der Waals surface area (Å²) < 4.78 is 99.0. The molecule has 2 aromatic carbocycles. The van der Waals surface area contributed by atoms with E-state index in [2.05, 4.69) is 9.46 Å². The molecule has 0 amide bonds. The van der Waals surface area contributed by atoms with Crippen LogP contribution in [0, 0.1) is 0 Å². The van der Waals surface area contributed by atoms with Crippen molar-refractivity contribution in [3.8, 4) is 11.5 Å². The highest BCUT2D eigenvalue weighted by molar-refractivity contribution is 7.89. The lowest BCUT2D eigenvalue weighted by atomic mass is 10.2. The Labute approximate surface area is 162 Å². The number of hydrogen-bond donors (Lipinski definition) is 1. The molecule has 0 atom stereocenters. The van der Waals surface area contributed by atoms with Crippen LogP contribution in [0.25, 0.3) is 0 Å². The molecule has 0 aliphatic rings. The molecule has 0 fully saturated rings. The van der Waals surface area contributed by atoms with Crippen LogP contribution in [-0.4, -0.2) is 22.1 Å². The third-order valence-electron chi connectivity index (χ3n) is 3.46. The maximum atomic E-state index is 12.8. The minimum Gasteiger partial charge on any atom is -0.493 e. The Kier molecular flexibility index (Phi) is 6.73. The van der Waals surface area contributed by atoms with E-state index in [1.54, 1.807) is 0 Å². The van der Waals surface area contributed by atoms with Crippen LogP contribution in [0.5, 0.6) is 11.5 Å². The number of alkyl halides is 5. The third-order valence-corrected chi connectivity index (χ3v) is 5.34. The molecule has 28 heavy (non-hydrogen) atoms. The van der Waals surface area contributed by atoms with Gasteiger partial charge < -0.3 is 9.47 Å². The predicted molar refractivity (Wildman–Crippen MR) is 90.1 cm³/mol. The van der Waals surface area contributed by atoms with Gasteiger partial charge in [0, 0.05) is 6.54 Å². The maximum absolute atomic E-state index is 12.8. The molecule has 0 aromatic heterocycles. The molecule has 12 heteroatoms. The molecule has 0 radical (unpaired) electrons. The van der Waals surface area contributed by atoms with Gasteiger partial charge in [-0.15, -0.1) is 0 Å². The molecule has 0 spiro atoms. The first-order valence-corrected chi connectivity index (χ1v) is 9.28. The van der Waals surface area contributed by atoms with Crippen molar-refractivity contribution >= 4 is 21.6 Å². The van der Waals surface area contributed by atoms with Crippen LogP contribution < -0.4 is 14.2 Å². The molecule has 5 nitrogen and oxygen atoms in total. The van der Waals surface area contributed by atoms with Crippen molar-refractivity contribution in [1.29, 1.82) is 0 Å². The lowest BCUT2D eigenvalue weighted by Crippen LogP contribution is -2.24. The zero-order valence-electron chi connectivity index (χ0n) is 14.1. The molecule has 0 bridgehead atoms. The Hall–Kier alpha value is -2.11. The monoisotopic (exact) mass is 445 g/mol. The Bertz CT molecular complexity index is 951. The highest BCUT2D eigenvalue weighted by atomic mass is 35.5. The second-order valence-electron chi connectivity index (χ2n) is 5.33. The van der Waals surface area contributed by atoms with Gasteiger partial charge in [0.15, 0.2) is 11.5 Å². The summed E-state index contributed by atoms with van der Waals surface area (Å²) >= 11 is 5.74. The van der Waals surface area contributed by atoms with Gasteiger partial charge in [-0.25, -0.2) is 13.1 Å². The van der Waals surface area contributed by atoms with Crippen molar-refractivity contribution in [1.82, 2.24) is 4.72 Å². The standard InChI is InChI=1S/C16H13ClF5NO4S/c1-26-13-6-9(2-5-12(13)27-15(18)19)8-23-28(24,25)14-7-10(16(20,21)22)3-4-11(14)17/h2-7,15,23H,8H2,1H3. The molecule has 0 aliphatic carbocycles. The van der Waals surface area contributed by atoms with E-state index in [4.69, 9.17) is 16.3 Å². The van der Waals surface area contributed by atoms with Crippen molar-refractivity contribution in [3.63, 3.8) is 0 Å². The molecule has 2 aromatic rings. The zero-order valence-corrected chi connectivity index (χ0v) is 15.6. The first-order valence-electron chi connectivity index (χ1n) is 7.42. The van der Waals surface area contributed by atoms with Crippen molar-refractivity contribution in [2.45, 2.75) is 24.2 Å². The molecule has 0 heterocycles. The quantitative estimate of drug-likeness (QED) is 0.640. The van der Waals surface area contributed by atoms with E-state index in [1.807, 2.05) is 0 Å². The molecule has 2 rings (SSSR count). The number of hydrogen-bond acceptors (Lipinski definition) is 4. The van der Waals surface area contributed by atoms with Gasteiger partial charge in [-0.1, -0.05) is 17.7 Å². The number of ether oxygens (including phenoxy) is 2. The van der Waals surface area contributed by atoms with Crippen LogP contribution >= 0.6 is 11.6 Å². The van der Waals surface area contributed by atoms with Crippen LogP contribution in [0.15, 0.2) is 41.3 Å². The summed E-state index contributed by atoms with van der Waals surface area (Å²) in [6.07, 6.45) is -4.75. The van der Waals surface area contributed by atoms with E-state index in [-0.39, 0.29) is 23.6 Å². The Morgan fingerprint density at radius 2 is 1.79 bits per heavy atom. The summed E-state index contributed by atoms with van der Waals surface area (Å²) in [5.74, 6) is -0.334. The van der Waals surface area contributed by atoms with Gasteiger partial charge in [0.2, 0.25) is 10.0 Å². The van der Waals surface area contributed by atoms with Crippen LogP contribution in [0.1, 0.15) is 11.1 Å². The fourth-order valence-electron chi connectivity index (χ4n) is 2.16. The Morgan fingerprint density at radius 1 is 1.11 bits per heavy atom. The maximum Gasteiger partial charge on any atom is 0.416 e. The van der Waals surface area contributed by atoms with Gasteiger partial charge in [-0.05, 0) is 35.9 Å². The van der Waals surface area contributed by atoms with E-state index in [0.29, 0.717) is 12.1 Å². The molecule has 154 valence electrons. The molecular weight excluding hydrogens is 433 g/mol. The molecular formula is C16H13ClF5NO4S. The number of halogens is 6. The first-order chi connectivity index (χ1) is 12.9. The summed E-state index contributed by atoms with van der Waals surface area (Å²) in [6, 6.07) is 5.59. The summed E-state index contributed by atoms with van der Waals surface area (Å²) in [7, 11) is -3.20. The molecule has 1 N–H and O–H groups in total. The molecule has 0 unspecified atom stereocenters. The van der Waals surface area contributed by atoms with Gasteiger partial charge in [0.05, 0.1) is 17.7 Å². The van der Waals surface area contributed by atoms with Gasteiger partial charge in [0.25, 0.3) is 0 Å². The fourth-order valence-corrected chi connectivity index (χ4v) is 3.70. The Morgan fingerprint density at radius 3 is 2.36 bits per heavy atom.